The molecule has 0 bridgehead atoms. The highest BCUT2D eigenvalue weighted by Gasteiger charge is 1.99. The van der Waals surface area contributed by atoms with Crippen LogP contribution in [0.4, 0.5) is 0 Å². The molecule has 1 rings (SSSR count). The van der Waals surface area contributed by atoms with Gasteiger partial charge in [-0.25, -0.2) is 9.97 Å². The Balaban J connectivity index is 2.79. The van der Waals surface area contributed by atoms with Crippen molar-refractivity contribution in [2.75, 3.05) is 0 Å². The first kappa shape index (κ1) is 7.94. The summed E-state index contributed by atoms with van der Waals surface area (Å²) in [6, 6.07) is 1.51. The van der Waals surface area contributed by atoms with Gasteiger partial charge < -0.3 is 5.73 Å². The van der Waals surface area contributed by atoms with Crippen LogP contribution in [0.15, 0.2) is 12.4 Å². The maximum Gasteiger partial charge on any atom is 0.223 e. The average Bonchev–Trinajstić information content (AvgIpc) is 1.85. The van der Waals surface area contributed by atoms with Crippen LogP contribution in [-0.2, 0) is 11.2 Å². The number of rotatable bonds is 2. The minimum atomic E-state index is -0.431. The fraction of sp³-hybridized carbons (Fsp3) is 0.167. The van der Waals surface area contributed by atoms with E-state index in [2.05, 4.69) is 9.97 Å². The van der Waals surface area contributed by atoms with Crippen molar-refractivity contribution in [1.29, 1.82) is 0 Å². The van der Waals surface area contributed by atoms with E-state index in [1.165, 1.54) is 12.4 Å². The van der Waals surface area contributed by atoms with E-state index in [0.717, 1.165) is 0 Å². The standard InChI is InChI=1S/C6H6ClN3O/c7-5-1-4(2-6(8)11)9-3-10-5/h1,3H,2H2,(H2,8,11). The number of nitrogens with zero attached hydrogens (tertiary/aromatic N) is 2. The van der Waals surface area contributed by atoms with Gasteiger partial charge in [-0.1, -0.05) is 11.6 Å². The van der Waals surface area contributed by atoms with E-state index in [0.29, 0.717) is 10.8 Å². The predicted molar refractivity (Wildman–Crippen MR) is 39.9 cm³/mol. The highest BCUT2D eigenvalue weighted by molar-refractivity contribution is 6.29. The summed E-state index contributed by atoms with van der Waals surface area (Å²) in [6.07, 6.45) is 1.39. The third-order valence-corrected chi connectivity index (χ3v) is 1.25. The quantitative estimate of drug-likeness (QED) is 0.645. The summed E-state index contributed by atoms with van der Waals surface area (Å²) >= 11 is 5.53. The van der Waals surface area contributed by atoms with Crippen LogP contribution in [0.3, 0.4) is 0 Å². The Morgan fingerprint density at radius 3 is 2.91 bits per heavy atom. The van der Waals surface area contributed by atoms with Gasteiger partial charge in [0.15, 0.2) is 0 Å². The Bertz CT molecular complexity index is 276. The van der Waals surface area contributed by atoms with Crippen molar-refractivity contribution in [1.82, 2.24) is 9.97 Å². The van der Waals surface area contributed by atoms with Crippen molar-refractivity contribution in [2.45, 2.75) is 6.42 Å². The third-order valence-electron chi connectivity index (χ3n) is 1.05. The monoisotopic (exact) mass is 171 g/mol. The zero-order valence-electron chi connectivity index (χ0n) is 5.62. The molecule has 4 nitrogen and oxygen atoms in total. The lowest BCUT2D eigenvalue weighted by Crippen LogP contribution is -2.14. The molecule has 58 valence electrons. The number of halogens is 1. The number of aromatic nitrogens is 2. The summed E-state index contributed by atoms with van der Waals surface area (Å²) in [5.74, 6) is -0.431. The molecule has 0 aliphatic carbocycles. The maximum atomic E-state index is 10.4. The van der Waals surface area contributed by atoms with Gasteiger partial charge in [-0.15, -0.1) is 0 Å². The van der Waals surface area contributed by atoms with Crippen molar-refractivity contribution >= 4 is 17.5 Å². The first-order valence-electron chi connectivity index (χ1n) is 2.93. The molecule has 1 heterocycles. The van der Waals surface area contributed by atoms with Crippen LogP contribution in [0.2, 0.25) is 5.15 Å². The van der Waals surface area contributed by atoms with Gasteiger partial charge in [0, 0.05) is 0 Å². The van der Waals surface area contributed by atoms with E-state index in [-0.39, 0.29) is 6.42 Å². The number of carbonyl (C=O) groups excluding carboxylic acids is 1. The zero-order chi connectivity index (χ0) is 8.27. The van der Waals surface area contributed by atoms with E-state index in [4.69, 9.17) is 17.3 Å². The van der Waals surface area contributed by atoms with Gasteiger partial charge in [0.05, 0.1) is 12.1 Å². The first-order chi connectivity index (χ1) is 5.18. The topological polar surface area (TPSA) is 68.9 Å². The summed E-state index contributed by atoms with van der Waals surface area (Å²) in [5.41, 5.74) is 5.47. The van der Waals surface area contributed by atoms with Gasteiger partial charge in [-0.05, 0) is 6.07 Å². The molecule has 0 aliphatic heterocycles. The molecule has 11 heavy (non-hydrogen) atoms. The summed E-state index contributed by atoms with van der Waals surface area (Å²) < 4.78 is 0. The molecule has 0 unspecified atom stereocenters. The van der Waals surface area contributed by atoms with Crippen LogP contribution >= 0.6 is 11.6 Å². The second kappa shape index (κ2) is 3.30. The number of hydrogen-bond acceptors (Lipinski definition) is 3. The fourth-order valence-electron chi connectivity index (χ4n) is 0.645. The molecule has 0 atom stereocenters. The van der Waals surface area contributed by atoms with Gasteiger partial charge in [0.2, 0.25) is 5.91 Å². The molecule has 2 N–H and O–H groups in total. The second-order valence-corrected chi connectivity index (χ2v) is 2.36. The zero-order valence-corrected chi connectivity index (χ0v) is 6.38. The molecule has 0 saturated carbocycles. The molecule has 5 heteroatoms. The molecule has 0 aliphatic rings. The SMILES string of the molecule is NC(=O)Cc1cc(Cl)ncn1. The average molecular weight is 172 g/mol. The van der Waals surface area contributed by atoms with E-state index in [1.54, 1.807) is 0 Å². The fourth-order valence-corrected chi connectivity index (χ4v) is 0.815. The third kappa shape index (κ3) is 2.51. The number of carbonyl (C=O) groups is 1. The number of nitrogens with two attached hydrogens (primary N) is 1. The maximum absolute atomic E-state index is 10.4. The van der Waals surface area contributed by atoms with Gasteiger partial charge in [-0.3, -0.25) is 4.79 Å². The minimum Gasteiger partial charge on any atom is -0.369 e. The van der Waals surface area contributed by atoms with Crippen LogP contribution in [0, 0.1) is 0 Å². The summed E-state index contributed by atoms with van der Waals surface area (Å²) in [4.78, 5) is 17.8. The Morgan fingerprint density at radius 1 is 1.64 bits per heavy atom. The van der Waals surface area contributed by atoms with Gasteiger partial charge >= 0.3 is 0 Å². The number of amides is 1. The molecule has 0 radical (unpaired) electrons. The molecule has 0 aromatic carbocycles. The largest absolute Gasteiger partial charge is 0.369 e. The minimum absolute atomic E-state index is 0.0994. The van der Waals surface area contributed by atoms with Gasteiger partial charge in [0.25, 0.3) is 0 Å². The first-order valence-corrected chi connectivity index (χ1v) is 3.31. The lowest BCUT2D eigenvalue weighted by Gasteiger charge is -1.94. The van der Waals surface area contributed by atoms with Crippen LogP contribution in [-0.4, -0.2) is 15.9 Å². The Labute approximate surface area is 68.4 Å². The Kier molecular flexibility index (Phi) is 2.38. The van der Waals surface area contributed by atoms with Crippen molar-refractivity contribution < 1.29 is 4.79 Å². The van der Waals surface area contributed by atoms with Crippen LogP contribution in [0.5, 0.6) is 0 Å². The predicted octanol–water partition coefficient (Wildman–Crippen LogP) is 0.158. The molecule has 1 aromatic rings. The van der Waals surface area contributed by atoms with Crippen LogP contribution < -0.4 is 5.73 Å². The Hall–Kier alpha value is -1.16. The van der Waals surface area contributed by atoms with Crippen LogP contribution in [0.1, 0.15) is 5.69 Å². The number of hydrogen-bond donors (Lipinski definition) is 1. The van der Waals surface area contributed by atoms with Crippen LogP contribution in [0.25, 0.3) is 0 Å². The van der Waals surface area contributed by atoms with E-state index in [1.807, 2.05) is 0 Å². The summed E-state index contributed by atoms with van der Waals surface area (Å²) in [6.45, 7) is 0. The normalized spacial score (nSPS) is 9.55. The van der Waals surface area contributed by atoms with Crippen molar-refractivity contribution in [3.05, 3.63) is 23.2 Å². The Morgan fingerprint density at radius 2 is 2.36 bits per heavy atom. The smallest absolute Gasteiger partial charge is 0.223 e. The summed E-state index contributed by atoms with van der Waals surface area (Å²) in [5, 5.41) is 0.316. The van der Waals surface area contributed by atoms with E-state index >= 15 is 0 Å². The molecular formula is C6H6ClN3O. The summed E-state index contributed by atoms with van der Waals surface area (Å²) in [7, 11) is 0. The molecule has 0 fully saturated rings. The molecule has 0 saturated heterocycles. The highest BCUT2D eigenvalue weighted by Crippen LogP contribution is 2.03. The molecular weight excluding hydrogens is 166 g/mol. The van der Waals surface area contributed by atoms with Crippen molar-refractivity contribution in [3.63, 3.8) is 0 Å². The van der Waals surface area contributed by atoms with Gasteiger partial charge in [0.1, 0.15) is 11.5 Å². The molecule has 0 spiro atoms. The molecule has 1 amide bonds. The van der Waals surface area contributed by atoms with Crippen molar-refractivity contribution in [3.8, 4) is 0 Å². The lowest BCUT2D eigenvalue weighted by molar-refractivity contribution is -0.117. The second-order valence-electron chi connectivity index (χ2n) is 1.98. The van der Waals surface area contributed by atoms with E-state index in [9.17, 15) is 4.79 Å². The van der Waals surface area contributed by atoms with E-state index < -0.39 is 5.91 Å². The van der Waals surface area contributed by atoms with Crippen molar-refractivity contribution in [2.24, 2.45) is 5.73 Å². The molecule has 1 aromatic heterocycles. The highest BCUT2D eigenvalue weighted by atomic mass is 35.5. The lowest BCUT2D eigenvalue weighted by atomic mass is 10.3. The van der Waals surface area contributed by atoms with Gasteiger partial charge in [-0.2, -0.15) is 0 Å². The number of primary amides is 1.